The maximum absolute atomic E-state index is 12.5. The summed E-state index contributed by atoms with van der Waals surface area (Å²) in [5.41, 5.74) is 1.66. The lowest BCUT2D eigenvalue weighted by atomic mass is 10.2. The van der Waals surface area contributed by atoms with E-state index in [1.807, 2.05) is 38.1 Å². The number of hydrogen-bond acceptors (Lipinski definition) is 7. The number of halogens is 1. The van der Waals surface area contributed by atoms with Crippen LogP contribution in [-0.4, -0.2) is 37.3 Å². The molecule has 10 nitrogen and oxygen atoms in total. The molecule has 12 heteroatoms. The summed E-state index contributed by atoms with van der Waals surface area (Å²) in [6, 6.07) is 11.3. The molecule has 0 aliphatic rings. The Balaban J connectivity index is 1.61. The fourth-order valence-corrected chi connectivity index (χ4v) is 3.95. The lowest BCUT2D eigenvalue weighted by molar-refractivity contribution is -0.384. The lowest BCUT2D eigenvalue weighted by Crippen LogP contribution is -2.18. The Morgan fingerprint density at radius 1 is 1.12 bits per heavy atom. The number of carbonyl (C=O) groups is 2. The number of benzene rings is 2. The number of thioether (sulfide) groups is 1. The Morgan fingerprint density at radius 2 is 1.85 bits per heavy atom. The fourth-order valence-electron chi connectivity index (χ4n) is 2.96. The van der Waals surface area contributed by atoms with Crippen molar-refractivity contribution in [2.75, 3.05) is 16.4 Å². The number of hydrogen-bond donors (Lipinski definition) is 2. The Kier molecular flexibility index (Phi) is 8.01. The number of nitro benzene ring substituents is 1. The molecule has 2 amide bonds. The summed E-state index contributed by atoms with van der Waals surface area (Å²) in [5.74, 6) is -0.173. The molecule has 0 saturated heterocycles. The first kappa shape index (κ1) is 24.2. The molecule has 0 saturated carbocycles. The van der Waals surface area contributed by atoms with Crippen LogP contribution in [0.5, 0.6) is 0 Å². The highest BCUT2D eigenvalue weighted by molar-refractivity contribution is 7.99. The average molecular weight is 489 g/mol. The molecule has 0 aliphatic heterocycles. The van der Waals surface area contributed by atoms with Crippen LogP contribution in [-0.2, 0) is 22.6 Å². The molecule has 0 bridgehead atoms. The van der Waals surface area contributed by atoms with Crippen LogP contribution in [0.25, 0.3) is 0 Å². The van der Waals surface area contributed by atoms with E-state index in [0.29, 0.717) is 17.5 Å². The topological polar surface area (TPSA) is 132 Å². The largest absolute Gasteiger partial charge is 0.325 e. The Hall–Kier alpha value is -3.44. The number of aryl methyl sites for hydroxylation is 1. The number of rotatable bonds is 9. The maximum Gasteiger partial charge on any atom is 0.271 e. The van der Waals surface area contributed by atoms with Crippen LogP contribution >= 0.6 is 23.4 Å². The van der Waals surface area contributed by atoms with Crippen molar-refractivity contribution >= 4 is 52.2 Å². The SMILES string of the molecule is CCn1c(CC(=O)Nc2ccccc2C)nnc1SCC(=O)Nc1cc([N+](=O)[O-])ccc1Cl. The summed E-state index contributed by atoms with van der Waals surface area (Å²) in [5, 5.41) is 25.2. The van der Waals surface area contributed by atoms with Gasteiger partial charge >= 0.3 is 0 Å². The lowest BCUT2D eigenvalue weighted by Gasteiger charge is -2.10. The third-order valence-corrected chi connectivity index (χ3v) is 5.91. The second-order valence-electron chi connectivity index (χ2n) is 6.94. The minimum absolute atomic E-state index is 0.0213. The molecule has 0 radical (unpaired) electrons. The summed E-state index contributed by atoms with van der Waals surface area (Å²) < 4.78 is 1.76. The molecule has 1 heterocycles. The predicted octanol–water partition coefficient (Wildman–Crippen LogP) is 4.08. The minimum atomic E-state index is -0.568. The average Bonchev–Trinajstić information content (AvgIpc) is 3.16. The fraction of sp³-hybridized carbons (Fsp3) is 0.238. The van der Waals surface area contributed by atoms with Crippen LogP contribution in [0.15, 0.2) is 47.6 Å². The number of amides is 2. The molecule has 0 fully saturated rings. The number of anilines is 2. The van der Waals surface area contributed by atoms with E-state index in [4.69, 9.17) is 11.6 Å². The number of nitrogens with one attached hydrogen (secondary N) is 2. The van der Waals surface area contributed by atoms with Gasteiger partial charge < -0.3 is 15.2 Å². The summed E-state index contributed by atoms with van der Waals surface area (Å²) in [6.45, 7) is 4.31. The van der Waals surface area contributed by atoms with Crippen molar-refractivity contribution in [2.45, 2.75) is 32.0 Å². The second-order valence-corrected chi connectivity index (χ2v) is 8.29. The molecule has 1 aromatic heterocycles. The van der Waals surface area contributed by atoms with Crippen molar-refractivity contribution in [3.8, 4) is 0 Å². The van der Waals surface area contributed by atoms with Gasteiger partial charge in [0.05, 0.1) is 27.8 Å². The van der Waals surface area contributed by atoms with Gasteiger partial charge in [-0.05, 0) is 31.5 Å². The Morgan fingerprint density at radius 3 is 2.55 bits per heavy atom. The van der Waals surface area contributed by atoms with Crippen LogP contribution < -0.4 is 10.6 Å². The number of nitrogens with zero attached hydrogens (tertiary/aromatic N) is 4. The molecule has 3 aromatic rings. The first-order chi connectivity index (χ1) is 15.8. The van der Waals surface area contributed by atoms with E-state index in [-0.39, 0.29) is 34.5 Å². The highest BCUT2D eigenvalue weighted by Gasteiger charge is 2.17. The first-order valence-corrected chi connectivity index (χ1v) is 11.3. The summed E-state index contributed by atoms with van der Waals surface area (Å²) in [7, 11) is 0. The van der Waals surface area contributed by atoms with E-state index in [0.717, 1.165) is 23.0 Å². The zero-order valence-electron chi connectivity index (χ0n) is 17.9. The molecule has 33 heavy (non-hydrogen) atoms. The van der Waals surface area contributed by atoms with Crippen LogP contribution in [0, 0.1) is 17.0 Å². The van der Waals surface area contributed by atoms with Crippen LogP contribution in [0.1, 0.15) is 18.3 Å². The molecule has 172 valence electrons. The quantitative estimate of drug-likeness (QED) is 0.263. The number of carbonyl (C=O) groups excluding carboxylic acids is 2. The molecule has 3 rings (SSSR count). The van der Waals surface area contributed by atoms with E-state index in [9.17, 15) is 19.7 Å². The third kappa shape index (κ3) is 6.30. The number of non-ortho nitro benzene ring substituents is 1. The van der Waals surface area contributed by atoms with Crippen molar-refractivity contribution < 1.29 is 14.5 Å². The van der Waals surface area contributed by atoms with Crippen molar-refractivity contribution in [3.63, 3.8) is 0 Å². The molecular weight excluding hydrogens is 468 g/mol. The smallest absolute Gasteiger partial charge is 0.271 e. The highest BCUT2D eigenvalue weighted by atomic mass is 35.5. The normalized spacial score (nSPS) is 10.6. The number of para-hydroxylation sites is 1. The van der Waals surface area contributed by atoms with Gasteiger partial charge in [-0.1, -0.05) is 41.6 Å². The van der Waals surface area contributed by atoms with Crippen molar-refractivity contribution in [1.82, 2.24) is 14.8 Å². The Bertz CT molecular complexity index is 1200. The molecular formula is C21H21ClN6O4S. The van der Waals surface area contributed by atoms with Gasteiger partial charge in [-0.25, -0.2) is 0 Å². The van der Waals surface area contributed by atoms with E-state index in [1.54, 1.807) is 4.57 Å². The van der Waals surface area contributed by atoms with E-state index < -0.39 is 10.8 Å². The molecule has 2 N–H and O–H groups in total. The summed E-state index contributed by atoms with van der Waals surface area (Å²) in [4.78, 5) is 35.2. The van der Waals surface area contributed by atoms with Gasteiger partial charge in [-0.2, -0.15) is 0 Å². The molecule has 2 aromatic carbocycles. The van der Waals surface area contributed by atoms with E-state index in [1.165, 1.54) is 18.2 Å². The molecule has 0 aliphatic carbocycles. The monoisotopic (exact) mass is 488 g/mol. The first-order valence-electron chi connectivity index (χ1n) is 9.92. The van der Waals surface area contributed by atoms with Gasteiger partial charge in [-0.15, -0.1) is 10.2 Å². The van der Waals surface area contributed by atoms with Gasteiger partial charge in [0.15, 0.2) is 5.16 Å². The molecule has 0 unspecified atom stereocenters. The second kappa shape index (κ2) is 10.9. The van der Waals surface area contributed by atoms with Gasteiger partial charge in [0.2, 0.25) is 11.8 Å². The predicted molar refractivity (Wildman–Crippen MR) is 127 cm³/mol. The van der Waals surface area contributed by atoms with Crippen LogP contribution in [0.4, 0.5) is 17.1 Å². The number of nitro groups is 1. The standard InChI is InChI=1S/C21H21ClN6O4S/c1-3-27-18(11-19(29)23-16-7-5-4-6-13(16)2)25-26-21(27)33-12-20(30)24-17-10-14(28(31)32)8-9-15(17)22/h4-10H,3,11-12H2,1-2H3,(H,23,29)(H,24,30). The third-order valence-electron chi connectivity index (χ3n) is 4.61. The maximum atomic E-state index is 12.5. The molecule has 0 atom stereocenters. The Labute approximate surface area is 198 Å². The van der Waals surface area contributed by atoms with Gasteiger partial charge in [-0.3, -0.25) is 19.7 Å². The van der Waals surface area contributed by atoms with Crippen molar-refractivity contribution in [1.29, 1.82) is 0 Å². The highest BCUT2D eigenvalue weighted by Crippen LogP contribution is 2.27. The van der Waals surface area contributed by atoms with Crippen LogP contribution in [0.2, 0.25) is 5.02 Å². The van der Waals surface area contributed by atoms with Gasteiger partial charge in [0, 0.05) is 24.4 Å². The number of aromatic nitrogens is 3. The van der Waals surface area contributed by atoms with Gasteiger partial charge in [0.1, 0.15) is 5.82 Å². The summed E-state index contributed by atoms with van der Waals surface area (Å²) in [6.07, 6.45) is 0.0330. The van der Waals surface area contributed by atoms with E-state index in [2.05, 4.69) is 20.8 Å². The zero-order valence-corrected chi connectivity index (χ0v) is 19.4. The zero-order chi connectivity index (χ0) is 24.0. The van der Waals surface area contributed by atoms with Crippen molar-refractivity contribution in [2.24, 2.45) is 0 Å². The van der Waals surface area contributed by atoms with E-state index >= 15 is 0 Å². The summed E-state index contributed by atoms with van der Waals surface area (Å²) >= 11 is 7.16. The van der Waals surface area contributed by atoms with Crippen LogP contribution in [0.3, 0.4) is 0 Å². The minimum Gasteiger partial charge on any atom is -0.325 e. The van der Waals surface area contributed by atoms with Crippen molar-refractivity contribution in [3.05, 3.63) is 69.0 Å². The molecule has 0 spiro atoms. The van der Waals surface area contributed by atoms with Gasteiger partial charge in [0.25, 0.3) is 5.69 Å².